The molecule has 0 aliphatic heterocycles. The van der Waals surface area contributed by atoms with E-state index in [1.807, 2.05) is 26.8 Å². The van der Waals surface area contributed by atoms with Gasteiger partial charge in [-0.15, -0.1) is 0 Å². The van der Waals surface area contributed by atoms with Crippen molar-refractivity contribution in [2.75, 3.05) is 12.4 Å². The van der Waals surface area contributed by atoms with Gasteiger partial charge in [0.2, 0.25) is 5.91 Å². The fourth-order valence-electron chi connectivity index (χ4n) is 3.87. The summed E-state index contributed by atoms with van der Waals surface area (Å²) in [5, 5.41) is 12.0. The molecule has 1 aromatic rings. The third kappa shape index (κ3) is 2.60. The molecular formula is C19H24N2O4. The SMILES string of the molecule is Cc1ccc(NC(=O)C23CC(C(=O)O)(C2)C3)cc1C(=O)N(C)C(C)C. The van der Waals surface area contributed by atoms with Crippen LogP contribution in [0, 0.1) is 17.8 Å². The predicted molar refractivity (Wildman–Crippen MR) is 93.4 cm³/mol. The number of nitrogens with zero attached hydrogens (tertiary/aromatic N) is 1. The molecule has 6 heteroatoms. The van der Waals surface area contributed by atoms with Gasteiger partial charge in [0, 0.05) is 24.3 Å². The average molecular weight is 344 g/mol. The van der Waals surface area contributed by atoms with Gasteiger partial charge in [-0.3, -0.25) is 14.4 Å². The lowest BCUT2D eigenvalue weighted by Gasteiger charge is -2.66. The van der Waals surface area contributed by atoms with Crippen LogP contribution in [0.4, 0.5) is 5.69 Å². The zero-order valence-electron chi connectivity index (χ0n) is 15.0. The standard InChI is InChI=1S/C19H24N2O4/c1-11(2)21(4)15(22)14-7-13(6-5-12(14)3)20-16(23)18-8-19(9-18,10-18)17(24)25/h5-7,11H,8-10H2,1-4H3,(H,20,23)(H,24,25). The molecule has 0 aromatic heterocycles. The van der Waals surface area contributed by atoms with Gasteiger partial charge >= 0.3 is 5.97 Å². The predicted octanol–water partition coefficient (Wildman–Crippen LogP) is 2.67. The van der Waals surface area contributed by atoms with Gasteiger partial charge in [-0.1, -0.05) is 6.07 Å². The summed E-state index contributed by atoms with van der Waals surface area (Å²) in [6.07, 6.45) is 1.23. The smallest absolute Gasteiger partial charge is 0.309 e. The number of anilines is 1. The highest BCUT2D eigenvalue weighted by Gasteiger charge is 2.75. The molecule has 3 aliphatic rings. The van der Waals surface area contributed by atoms with Crippen molar-refractivity contribution in [2.24, 2.45) is 10.8 Å². The van der Waals surface area contributed by atoms with E-state index in [0.717, 1.165) is 5.56 Å². The highest BCUT2D eigenvalue weighted by Crippen LogP contribution is 2.73. The van der Waals surface area contributed by atoms with Crippen molar-refractivity contribution in [3.05, 3.63) is 29.3 Å². The van der Waals surface area contributed by atoms with Crippen LogP contribution in [-0.4, -0.2) is 40.9 Å². The van der Waals surface area contributed by atoms with Crippen LogP contribution in [-0.2, 0) is 9.59 Å². The first kappa shape index (κ1) is 17.5. The number of carbonyl (C=O) groups is 3. The summed E-state index contributed by atoms with van der Waals surface area (Å²) < 4.78 is 0. The van der Waals surface area contributed by atoms with Crippen molar-refractivity contribution < 1.29 is 19.5 Å². The van der Waals surface area contributed by atoms with Crippen LogP contribution in [0.5, 0.6) is 0 Å². The fraction of sp³-hybridized carbons (Fsp3) is 0.526. The Bertz CT molecular complexity index is 749. The first-order chi connectivity index (χ1) is 11.6. The summed E-state index contributed by atoms with van der Waals surface area (Å²) in [6, 6.07) is 5.38. The number of nitrogens with one attached hydrogen (secondary N) is 1. The van der Waals surface area contributed by atoms with Crippen LogP contribution in [0.2, 0.25) is 0 Å². The summed E-state index contributed by atoms with van der Waals surface area (Å²) in [6.45, 7) is 5.75. The van der Waals surface area contributed by atoms with Gasteiger partial charge in [-0.05, 0) is 57.7 Å². The van der Waals surface area contributed by atoms with Gasteiger partial charge < -0.3 is 15.3 Å². The molecule has 3 saturated carbocycles. The van der Waals surface area contributed by atoms with Crippen molar-refractivity contribution in [1.82, 2.24) is 4.90 Å². The van der Waals surface area contributed by atoms with Crippen molar-refractivity contribution in [3.63, 3.8) is 0 Å². The van der Waals surface area contributed by atoms with Crippen molar-refractivity contribution in [1.29, 1.82) is 0 Å². The van der Waals surface area contributed by atoms with Gasteiger partial charge in [0.05, 0.1) is 10.8 Å². The summed E-state index contributed by atoms with van der Waals surface area (Å²) >= 11 is 0. The molecule has 1 aromatic carbocycles. The number of carboxylic acids is 1. The van der Waals surface area contributed by atoms with Crippen LogP contribution in [0.15, 0.2) is 18.2 Å². The summed E-state index contributed by atoms with van der Waals surface area (Å²) in [7, 11) is 1.75. The quantitative estimate of drug-likeness (QED) is 0.860. The highest BCUT2D eigenvalue weighted by molar-refractivity contribution is 6.02. The zero-order valence-corrected chi connectivity index (χ0v) is 15.0. The van der Waals surface area contributed by atoms with Crippen molar-refractivity contribution in [2.45, 2.75) is 46.1 Å². The Hall–Kier alpha value is -2.37. The lowest BCUT2D eigenvalue weighted by atomic mass is 9.35. The fourth-order valence-corrected chi connectivity index (χ4v) is 3.87. The molecule has 0 radical (unpaired) electrons. The first-order valence-electron chi connectivity index (χ1n) is 8.53. The number of rotatable bonds is 5. The normalized spacial score (nSPS) is 26.4. The maximum absolute atomic E-state index is 12.6. The molecule has 0 saturated heterocycles. The molecule has 0 heterocycles. The second-order valence-corrected chi connectivity index (χ2v) is 7.89. The molecule has 25 heavy (non-hydrogen) atoms. The second-order valence-electron chi connectivity index (χ2n) is 7.89. The van der Waals surface area contributed by atoms with Gasteiger partial charge in [-0.2, -0.15) is 0 Å². The lowest BCUT2D eigenvalue weighted by molar-refractivity contribution is -0.217. The van der Waals surface area contributed by atoms with E-state index in [0.29, 0.717) is 30.5 Å². The van der Waals surface area contributed by atoms with E-state index in [9.17, 15) is 14.4 Å². The van der Waals surface area contributed by atoms with Gasteiger partial charge in [0.15, 0.2) is 0 Å². The molecule has 3 fully saturated rings. The second kappa shape index (κ2) is 5.58. The lowest BCUT2D eigenvalue weighted by Crippen LogP contribution is -2.69. The summed E-state index contributed by atoms with van der Waals surface area (Å²) in [4.78, 5) is 37.9. The van der Waals surface area contributed by atoms with E-state index in [1.165, 1.54) is 0 Å². The third-order valence-electron chi connectivity index (χ3n) is 5.79. The molecular weight excluding hydrogens is 320 g/mol. The molecule has 134 valence electrons. The van der Waals surface area contributed by atoms with E-state index in [4.69, 9.17) is 5.11 Å². The molecule has 6 nitrogen and oxygen atoms in total. The largest absolute Gasteiger partial charge is 0.481 e. The number of aryl methyl sites for hydroxylation is 1. The third-order valence-corrected chi connectivity index (χ3v) is 5.79. The molecule has 3 aliphatic carbocycles. The molecule has 2 N–H and O–H groups in total. The van der Waals surface area contributed by atoms with E-state index >= 15 is 0 Å². The Morgan fingerprint density at radius 1 is 1.16 bits per heavy atom. The van der Waals surface area contributed by atoms with Crippen LogP contribution in [0.1, 0.15) is 49.0 Å². The maximum Gasteiger partial charge on any atom is 0.309 e. The Kier molecular flexibility index (Phi) is 3.89. The number of amides is 2. The molecule has 4 rings (SSSR count). The summed E-state index contributed by atoms with van der Waals surface area (Å²) in [5.41, 5.74) is 0.776. The van der Waals surface area contributed by atoms with E-state index < -0.39 is 16.8 Å². The zero-order chi connectivity index (χ0) is 18.6. The Balaban J connectivity index is 1.72. The number of benzene rings is 1. The highest BCUT2D eigenvalue weighted by atomic mass is 16.4. The minimum Gasteiger partial charge on any atom is -0.481 e. The average Bonchev–Trinajstić information content (AvgIpc) is 2.44. The van der Waals surface area contributed by atoms with Crippen LogP contribution >= 0.6 is 0 Å². The van der Waals surface area contributed by atoms with E-state index in [1.54, 1.807) is 24.1 Å². The summed E-state index contributed by atoms with van der Waals surface area (Å²) in [5.74, 6) is -1.03. The number of carboxylic acid groups (broad SMARTS) is 1. The van der Waals surface area contributed by atoms with Crippen molar-refractivity contribution in [3.8, 4) is 0 Å². The molecule has 2 amide bonds. The molecule has 0 unspecified atom stereocenters. The maximum atomic E-state index is 12.6. The number of aliphatic carboxylic acids is 1. The molecule has 0 atom stereocenters. The Morgan fingerprint density at radius 2 is 1.76 bits per heavy atom. The monoisotopic (exact) mass is 344 g/mol. The van der Waals surface area contributed by atoms with Crippen molar-refractivity contribution >= 4 is 23.5 Å². The van der Waals surface area contributed by atoms with E-state index in [-0.39, 0.29) is 17.9 Å². The first-order valence-corrected chi connectivity index (χ1v) is 8.53. The molecule has 0 spiro atoms. The number of hydrogen-bond donors (Lipinski definition) is 2. The Labute approximate surface area is 147 Å². The number of carbonyl (C=O) groups excluding carboxylic acids is 2. The minimum atomic E-state index is -0.804. The van der Waals surface area contributed by atoms with Crippen LogP contribution in [0.3, 0.4) is 0 Å². The number of hydrogen-bond acceptors (Lipinski definition) is 3. The topological polar surface area (TPSA) is 86.7 Å². The Morgan fingerprint density at radius 3 is 2.28 bits per heavy atom. The van der Waals surface area contributed by atoms with Gasteiger partial charge in [-0.25, -0.2) is 0 Å². The van der Waals surface area contributed by atoms with Gasteiger partial charge in [0.25, 0.3) is 5.91 Å². The van der Waals surface area contributed by atoms with E-state index in [2.05, 4.69) is 5.32 Å². The van der Waals surface area contributed by atoms with Crippen LogP contribution in [0.25, 0.3) is 0 Å². The minimum absolute atomic E-state index is 0.0816. The molecule has 2 bridgehead atoms. The van der Waals surface area contributed by atoms with Crippen LogP contribution < -0.4 is 5.32 Å². The van der Waals surface area contributed by atoms with Gasteiger partial charge in [0.1, 0.15) is 0 Å².